The van der Waals surface area contributed by atoms with Crippen molar-refractivity contribution in [3.63, 3.8) is 0 Å². The van der Waals surface area contributed by atoms with Crippen molar-refractivity contribution in [1.82, 2.24) is 5.16 Å². The summed E-state index contributed by atoms with van der Waals surface area (Å²) in [6, 6.07) is 18.7. The van der Waals surface area contributed by atoms with E-state index < -0.39 is 0 Å². The summed E-state index contributed by atoms with van der Waals surface area (Å²) >= 11 is 0. The molecule has 0 fully saturated rings. The standard InChI is InChI=1S/C21H22N4O2/c1-14(18-13-19(27-24-18)23-21(22)25(2)3)16-10-7-11-17(12-16)20(26)15-8-5-4-6-9-15/h4-14H,1-3H3,(H2,22,23,24)/p+1. The third-order valence-corrected chi connectivity index (χ3v) is 4.39. The number of hydrogen-bond acceptors (Lipinski definition) is 3. The second-order valence-electron chi connectivity index (χ2n) is 6.56. The Kier molecular flexibility index (Phi) is 5.35. The maximum atomic E-state index is 12.7. The number of ketones is 1. The fourth-order valence-corrected chi connectivity index (χ4v) is 2.67. The van der Waals surface area contributed by atoms with E-state index in [1.165, 1.54) is 0 Å². The lowest BCUT2D eigenvalue weighted by molar-refractivity contribution is -0.465. The SMILES string of the molecule is CC(c1cccc(C(=O)c2ccccc2)c1)c1cc(NC(N)=[N+](C)C)on1. The van der Waals surface area contributed by atoms with Crippen molar-refractivity contribution in [2.24, 2.45) is 5.73 Å². The Morgan fingerprint density at radius 3 is 2.48 bits per heavy atom. The van der Waals surface area contributed by atoms with Crippen molar-refractivity contribution in [3.8, 4) is 0 Å². The molecule has 1 aromatic heterocycles. The maximum Gasteiger partial charge on any atom is 0.350 e. The Labute approximate surface area is 158 Å². The number of rotatable bonds is 5. The third kappa shape index (κ3) is 4.23. The summed E-state index contributed by atoms with van der Waals surface area (Å²) in [5.74, 6) is 0.897. The van der Waals surface area contributed by atoms with Crippen LogP contribution in [0.4, 0.5) is 5.88 Å². The molecule has 3 aromatic rings. The first-order valence-electron chi connectivity index (χ1n) is 8.69. The quantitative estimate of drug-likeness (QED) is 0.315. The Morgan fingerprint density at radius 1 is 1.07 bits per heavy atom. The van der Waals surface area contributed by atoms with E-state index in [9.17, 15) is 4.79 Å². The molecule has 3 rings (SSSR count). The molecule has 0 aliphatic heterocycles. The van der Waals surface area contributed by atoms with Crippen LogP contribution in [0.3, 0.4) is 0 Å². The minimum absolute atomic E-state index is 0.000477. The van der Waals surface area contributed by atoms with Gasteiger partial charge in [0.2, 0.25) is 0 Å². The lowest BCUT2D eigenvalue weighted by atomic mass is 9.94. The van der Waals surface area contributed by atoms with Crippen LogP contribution >= 0.6 is 0 Å². The summed E-state index contributed by atoms with van der Waals surface area (Å²) in [4.78, 5) is 12.7. The zero-order valence-corrected chi connectivity index (χ0v) is 15.6. The van der Waals surface area contributed by atoms with Gasteiger partial charge in [0.1, 0.15) is 0 Å². The summed E-state index contributed by atoms with van der Waals surface area (Å²) in [5.41, 5.74) is 8.93. The Balaban J connectivity index is 1.82. The molecule has 1 atom stereocenters. The zero-order chi connectivity index (χ0) is 19.4. The summed E-state index contributed by atoms with van der Waals surface area (Å²) < 4.78 is 7.06. The number of carbonyl (C=O) groups excluding carboxylic acids is 1. The average Bonchev–Trinajstić information content (AvgIpc) is 3.16. The van der Waals surface area contributed by atoms with E-state index in [0.29, 0.717) is 23.0 Å². The highest BCUT2D eigenvalue weighted by molar-refractivity contribution is 6.09. The first kappa shape index (κ1) is 18.4. The largest absolute Gasteiger partial charge is 0.350 e. The van der Waals surface area contributed by atoms with Crippen LogP contribution in [0.15, 0.2) is 65.2 Å². The van der Waals surface area contributed by atoms with Gasteiger partial charge in [-0.15, -0.1) is 0 Å². The van der Waals surface area contributed by atoms with Gasteiger partial charge in [-0.25, -0.2) is 5.32 Å². The highest BCUT2D eigenvalue weighted by Gasteiger charge is 2.18. The molecular formula is C21H23N4O2+. The van der Waals surface area contributed by atoms with Gasteiger partial charge in [0.25, 0.3) is 5.88 Å². The second-order valence-corrected chi connectivity index (χ2v) is 6.56. The highest BCUT2D eigenvalue weighted by Crippen LogP contribution is 2.26. The van der Waals surface area contributed by atoms with E-state index >= 15 is 0 Å². The van der Waals surface area contributed by atoms with E-state index in [2.05, 4.69) is 10.5 Å². The lowest BCUT2D eigenvalue weighted by Gasteiger charge is -2.10. The van der Waals surface area contributed by atoms with Gasteiger partial charge in [-0.05, 0) is 11.6 Å². The summed E-state index contributed by atoms with van der Waals surface area (Å²) in [6.45, 7) is 2.02. The smallest absolute Gasteiger partial charge is 0.322 e. The molecule has 0 aliphatic carbocycles. The van der Waals surface area contributed by atoms with Gasteiger partial charge in [0.05, 0.1) is 19.8 Å². The molecule has 0 saturated carbocycles. The molecule has 0 spiro atoms. The van der Waals surface area contributed by atoms with Crippen LogP contribution in [0.5, 0.6) is 0 Å². The van der Waals surface area contributed by atoms with Crippen LogP contribution in [0.1, 0.15) is 40.0 Å². The Bertz CT molecular complexity index is 973. The molecular weight excluding hydrogens is 340 g/mol. The molecule has 0 radical (unpaired) electrons. The van der Waals surface area contributed by atoms with Gasteiger partial charge >= 0.3 is 5.96 Å². The molecule has 3 N–H and O–H groups in total. The van der Waals surface area contributed by atoms with Crippen molar-refractivity contribution >= 4 is 17.6 Å². The maximum absolute atomic E-state index is 12.7. The van der Waals surface area contributed by atoms with Crippen LogP contribution in [0.2, 0.25) is 0 Å². The van der Waals surface area contributed by atoms with Gasteiger partial charge in [-0.3, -0.25) is 15.1 Å². The third-order valence-electron chi connectivity index (χ3n) is 4.39. The molecule has 0 amide bonds. The van der Waals surface area contributed by atoms with Gasteiger partial charge < -0.3 is 4.52 Å². The molecule has 138 valence electrons. The molecule has 27 heavy (non-hydrogen) atoms. The van der Waals surface area contributed by atoms with Crippen molar-refractivity contribution in [3.05, 3.63) is 83.0 Å². The number of carbonyl (C=O) groups is 1. The zero-order valence-electron chi connectivity index (χ0n) is 15.6. The summed E-state index contributed by atoms with van der Waals surface area (Å²) in [5, 5.41) is 7.08. The van der Waals surface area contributed by atoms with Gasteiger partial charge in [0.15, 0.2) is 5.78 Å². The number of nitrogens with two attached hydrogens (primary N) is 1. The first-order chi connectivity index (χ1) is 13.0. The fraction of sp³-hybridized carbons (Fsp3) is 0.190. The number of nitrogens with one attached hydrogen (secondary N) is 1. The predicted octanol–water partition coefficient (Wildman–Crippen LogP) is 3.06. The molecule has 0 saturated heterocycles. The van der Waals surface area contributed by atoms with E-state index in [-0.39, 0.29) is 11.7 Å². The van der Waals surface area contributed by atoms with Crippen LogP contribution in [0, 0.1) is 0 Å². The average molecular weight is 363 g/mol. The normalized spacial score (nSPS) is 11.7. The van der Waals surface area contributed by atoms with Crippen LogP contribution in [-0.4, -0.2) is 35.6 Å². The fourth-order valence-electron chi connectivity index (χ4n) is 2.67. The second kappa shape index (κ2) is 7.86. The van der Waals surface area contributed by atoms with Crippen LogP contribution in [0.25, 0.3) is 0 Å². The molecule has 1 heterocycles. The summed E-state index contributed by atoms with van der Waals surface area (Å²) in [7, 11) is 3.66. The number of aromatic nitrogens is 1. The minimum atomic E-state index is -0.0339. The van der Waals surface area contributed by atoms with Crippen LogP contribution in [-0.2, 0) is 0 Å². The Hall–Kier alpha value is -3.41. The van der Waals surface area contributed by atoms with E-state index in [1.807, 2.05) is 81.7 Å². The van der Waals surface area contributed by atoms with Crippen molar-refractivity contribution in [1.29, 1.82) is 0 Å². The van der Waals surface area contributed by atoms with Gasteiger partial charge in [0, 0.05) is 23.1 Å². The molecule has 6 heteroatoms. The van der Waals surface area contributed by atoms with Gasteiger partial charge in [-0.2, -0.15) is 0 Å². The minimum Gasteiger partial charge on any atom is -0.322 e. The summed E-state index contributed by atoms with van der Waals surface area (Å²) in [6.07, 6.45) is 0. The number of anilines is 1. The number of hydrogen-bond donors (Lipinski definition) is 2. The Morgan fingerprint density at radius 2 is 1.78 bits per heavy atom. The first-order valence-corrected chi connectivity index (χ1v) is 8.69. The number of guanidine groups is 1. The van der Waals surface area contributed by atoms with Crippen molar-refractivity contribution in [2.45, 2.75) is 12.8 Å². The van der Waals surface area contributed by atoms with Crippen molar-refractivity contribution in [2.75, 3.05) is 19.4 Å². The monoisotopic (exact) mass is 363 g/mol. The topological polar surface area (TPSA) is 84.2 Å². The number of nitrogens with zero attached hydrogens (tertiary/aromatic N) is 2. The molecule has 6 nitrogen and oxygen atoms in total. The van der Waals surface area contributed by atoms with Gasteiger partial charge in [-0.1, -0.05) is 60.6 Å². The van der Waals surface area contributed by atoms with Crippen LogP contribution < -0.4 is 11.1 Å². The predicted molar refractivity (Wildman–Crippen MR) is 105 cm³/mol. The molecule has 0 aliphatic rings. The molecule has 1 unspecified atom stereocenters. The molecule has 2 aromatic carbocycles. The van der Waals surface area contributed by atoms with E-state index in [0.717, 1.165) is 11.3 Å². The van der Waals surface area contributed by atoms with Crippen molar-refractivity contribution < 1.29 is 13.9 Å². The highest BCUT2D eigenvalue weighted by atomic mass is 16.5. The van der Waals surface area contributed by atoms with E-state index in [1.54, 1.807) is 4.58 Å². The lowest BCUT2D eigenvalue weighted by Crippen LogP contribution is -2.30. The number of benzene rings is 2. The van der Waals surface area contributed by atoms with E-state index in [4.69, 9.17) is 10.3 Å². The molecule has 0 bridgehead atoms.